The van der Waals surface area contributed by atoms with E-state index >= 15 is 0 Å². The van der Waals surface area contributed by atoms with Crippen molar-refractivity contribution in [2.24, 2.45) is 0 Å². The lowest BCUT2D eigenvalue weighted by Crippen LogP contribution is -2.51. The van der Waals surface area contributed by atoms with Crippen LogP contribution in [0, 0.1) is 5.82 Å². The summed E-state index contributed by atoms with van der Waals surface area (Å²) in [4.78, 5) is 27.8. The van der Waals surface area contributed by atoms with Crippen molar-refractivity contribution in [1.29, 1.82) is 0 Å². The van der Waals surface area contributed by atoms with Crippen LogP contribution in [0.15, 0.2) is 83.8 Å². The fraction of sp³-hybridized carbons (Fsp3) is 0.286. The largest absolute Gasteiger partial charge is 0.494 e. The molecule has 3 aromatic rings. The summed E-state index contributed by atoms with van der Waals surface area (Å²) in [5.74, 6) is -0.871. The summed E-state index contributed by atoms with van der Waals surface area (Å²) in [6.45, 7) is 3.47. The third kappa shape index (κ3) is 6.89. The molecule has 0 heterocycles. The number of rotatable bonds is 12. The Kier molecular flexibility index (Phi) is 9.84. The number of carbonyl (C=O) groups excluding carboxylic acids is 2. The molecule has 3 aromatic carbocycles. The standard InChI is InChI=1S/C28H32FN3O5S/c1-4-26(28(34)30-3)31(19-21-11-13-22(29)14-12-21)27(33)20-32(23-9-7-6-8-10-23)38(35,36)25-17-15-24(16-18-25)37-5-2/h6-18,26H,4-5,19-20H2,1-3H3,(H,30,34)/t26-/m1/s1. The fourth-order valence-electron chi connectivity index (χ4n) is 4.00. The van der Waals surface area contributed by atoms with Crippen molar-refractivity contribution in [2.45, 2.75) is 37.8 Å². The first-order valence-corrected chi connectivity index (χ1v) is 13.7. The summed E-state index contributed by atoms with van der Waals surface area (Å²) in [7, 11) is -2.70. The highest BCUT2D eigenvalue weighted by Crippen LogP contribution is 2.26. The van der Waals surface area contributed by atoms with Gasteiger partial charge in [0.25, 0.3) is 10.0 Å². The number of nitrogens with zero attached hydrogens (tertiary/aromatic N) is 2. The molecule has 1 N–H and O–H groups in total. The van der Waals surface area contributed by atoms with E-state index < -0.39 is 34.3 Å². The van der Waals surface area contributed by atoms with E-state index in [1.807, 2.05) is 6.92 Å². The number of hydrogen-bond donors (Lipinski definition) is 1. The Morgan fingerprint density at radius 1 is 0.947 bits per heavy atom. The average molecular weight is 542 g/mol. The maximum atomic E-state index is 13.8. The van der Waals surface area contributed by atoms with E-state index in [1.54, 1.807) is 49.4 Å². The van der Waals surface area contributed by atoms with Gasteiger partial charge in [0.15, 0.2) is 0 Å². The van der Waals surface area contributed by atoms with Crippen molar-refractivity contribution in [2.75, 3.05) is 24.5 Å². The van der Waals surface area contributed by atoms with E-state index in [-0.39, 0.29) is 17.3 Å². The highest BCUT2D eigenvalue weighted by atomic mass is 32.2. The maximum absolute atomic E-state index is 13.8. The van der Waals surface area contributed by atoms with Gasteiger partial charge in [0.2, 0.25) is 11.8 Å². The maximum Gasteiger partial charge on any atom is 0.264 e. The molecule has 10 heteroatoms. The van der Waals surface area contributed by atoms with Crippen LogP contribution in [-0.4, -0.2) is 51.4 Å². The molecule has 0 aromatic heterocycles. The highest BCUT2D eigenvalue weighted by molar-refractivity contribution is 7.92. The number of benzene rings is 3. The third-order valence-corrected chi connectivity index (χ3v) is 7.73. The minimum atomic E-state index is -4.17. The van der Waals surface area contributed by atoms with Crippen LogP contribution in [0.4, 0.5) is 10.1 Å². The van der Waals surface area contributed by atoms with Gasteiger partial charge < -0.3 is 15.0 Å². The molecule has 0 saturated heterocycles. The minimum Gasteiger partial charge on any atom is -0.494 e. The molecule has 0 aliphatic rings. The van der Waals surface area contributed by atoms with Crippen molar-refractivity contribution in [3.8, 4) is 5.75 Å². The van der Waals surface area contributed by atoms with E-state index in [2.05, 4.69) is 5.32 Å². The Balaban J connectivity index is 2.01. The lowest BCUT2D eigenvalue weighted by atomic mass is 10.1. The first-order chi connectivity index (χ1) is 18.2. The third-order valence-electron chi connectivity index (χ3n) is 5.94. The molecule has 0 spiro atoms. The van der Waals surface area contributed by atoms with Gasteiger partial charge in [0.05, 0.1) is 17.2 Å². The summed E-state index contributed by atoms with van der Waals surface area (Å²) in [6.07, 6.45) is 0.295. The zero-order valence-corrected chi connectivity index (χ0v) is 22.4. The number of halogens is 1. The quantitative estimate of drug-likeness (QED) is 0.374. The molecule has 0 fully saturated rings. The van der Waals surface area contributed by atoms with Crippen LogP contribution >= 0.6 is 0 Å². The minimum absolute atomic E-state index is 0.00320. The Labute approximate surface area is 223 Å². The average Bonchev–Trinajstić information content (AvgIpc) is 2.93. The number of carbonyl (C=O) groups is 2. The molecule has 202 valence electrons. The van der Waals surface area contributed by atoms with Gasteiger partial charge in [-0.15, -0.1) is 0 Å². The molecule has 0 aliphatic carbocycles. The van der Waals surface area contributed by atoms with Crippen LogP contribution in [0.5, 0.6) is 5.75 Å². The Morgan fingerprint density at radius 2 is 1.58 bits per heavy atom. The smallest absolute Gasteiger partial charge is 0.264 e. The van der Waals surface area contributed by atoms with Gasteiger partial charge in [0.1, 0.15) is 24.2 Å². The Morgan fingerprint density at radius 3 is 2.13 bits per heavy atom. The lowest BCUT2D eigenvalue weighted by Gasteiger charge is -2.33. The van der Waals surface area contributed by atoms with Crippen molar-refractivity contribution in [1.82, 2.24) is 10.2 Å². The second-order valence-electron chi connectivity index (χ2n) is 8.44. The number of nitrogens with one attached hydrogen (secondary N) is 1. The first kappa shape index (κ1) is 28.6. The lowest BCUT2D eigenvalue weighted by molar-refractivity contribution is -0.140. The van der Waals surface area contributed by atoms with Crippen LogP contribution < -0.4 is 14.4 Å². The molecule has 0 unspecified atom stereocenters. The first-order valence-electron chi connectivity index (χ1n) is 12.3. The molecular weight excluding hydrogens is 509 g/mol. The number of hydrogen-bond acceptors (Lipinski definition) is 5. The molecular formula is C28H32FN3O5S. The van der Waals surface area contributed by atoms with Gasteiger partial charge in [0, 0.05) is 13.6 Å². The SMILES string of the molecule is CCOc1ccc(S(=O)(=O)N(CC(=O)N(Cc2ccc(F)cc2)[C@H](CC)C(=O)NC)c2ccccc2)cc1. The molecule has 0 radical (unpaired) electrons. The van der Waals surface area contributed by atoms with Gasteiger partial charge in [-0.05, 0) is 67.4 Å². The number of anilines is 1. The molecule has 1 atom stereocenters. The van der Waals surface area contributed by atoms with Crippen LogP contribution in [0.2, 0.25) is 0 Å². The summed E-state index contributed by atoms with van der Waals surface area (Å²) in [5, 5.41) is 2.57. The predicted molar refractivity (Wildman–Crippen MR) is 144 cm³/mol. The molecule has 3 rings (SSSR count). The van der Waals surface area contributed by atoms with Crippen LogP contribution in [0.1, 0.15) is 25.8 Å². The molecule has 0 bridgehead atoms. The fourth-order valence-corrected chi connectivity index (χ4v) is 5.41. The topological polar surface area (TPSA) is 96.0 Å². The van der Waals surface area contributed by atoms with E-state index in [1.165, 1.54) is 48.3 Å². The van der Waals surface area contributed by atoms with Gasteiger partial charge >= 0.3 is 0 Å². The molecule has 2 amide bonds. The van der Waals surface area contributed by atoms with E-state index in [9.17, 15) is 22.4 Å². The van der Waals surface area contributed by atoms with Crippen LogP contribution in [0.3, 0.4) is 0 Å². The van der Waals surface area contributed by atoms with Crippen molar-refractivity contribution in [3.63, 3.8) is 0 Å². The zero-order chi connectivity index (χ0) is 27.7. The molecule has 8 nitrogen and oxygen atoms in total. The second kappa shape index (κ2) is 13.0. The molecule has 0 saturated carbocycles. The van der Waals surface area contributed by atoms with Crippen LogP contribution in [-0.2, 0) is 26.2 Å². The number of ether oxygens (including phenoxy) is 1. The number of para-hydroxylation sites is 1. The van der Waals surface area contributed by atoms with Crippen molar-refractivity contribution < 1.29 is 27.1 Å². The van der Waals surface area contributed by atoms with E-state index in [0.717, 1.165) is 4.31 Å². The Hall–Kier alpha value is -3.92. The monoisotopic (exact) mass is 541 g/mol. The molecule has 38 heavy (non-hydrogen) atoms. The van der Waals surface area contributed by atoms with Gasteiger partial charge in [-0.2, -0.15) is 0 Å². The summed E-state index contributed by atoms with van der Waals surface area (Å²) in [6, 6.07) is 19.0. The van der Waals surface area contributed by atoms with Gasteiger partial charge in [-0.3, -0.25) is 13.9 Å². The van der Waals surface area contributed by atoms with Crippen molar-refractivity contribution in [3.05, 3.63) is 90.2 Å². The summed E-state index contributed by atoms with van der Waals surface area (Å²) >= 11 is 0. The van der Waals surface area contributed by atoms with E-state index in [4.69, 9.17) is 4.74 Å². The highest BCUT2D eigenvalue weighted by Gasteiger charge is 2.33. The summed E-state index contributed by atoms with van der Waals surface area (Å²) in [5.41, 5.74) is 0.896. The van der Waals surface area contributed by atoms with Gasteiger partial charge in [-0.1, -0.05) is 37.3 Å². The predicted octanol–water partition coefficient (Wildman–Crippen LogP) is 3.97. The number of amides is 2. The summed E-state index contributed by atoms with van der Waals surface area (Å²) < 4.78 is 47.5. The second-order valence-corrected chi connectivity index (χ2v) is 10.3. The Bertz CT molecular complexity index is 1320. The molecule has 0 aliphatic heterocycles. The van der Waals surface area contributed by atoms with Gasteiger partial charge in [-0.25, -0.2) is 12.8 Å². The van der Waals surface area contributed by atoms with Crippen LogP contribution in [0.25, 0.3) is 0 Å². The number of likely N-dealkylation sites (N-methyl/N-ethyl adjacent to an activating group) is 1. The van der Waals surface area contributed by atoms with Crippen molar-refractivity contribution >= 4 is 27.5 Å². The number of sulfonamides is 1. The normalized spacial score (nSPS) is 11.9. The van der Waals surface area contributed by atoms with E-state index in [0.29, 0.717) is 30.0 Å². The zero-order valence-electron chi connectivity index (χ0n) is 21.6.